The van der Waals surface area contributed by atoms with E-state index in [1.54, 1.807) is 6.20 Å². The molecule has 0 aliphatic heterocycles. The summed E-state index contributed by atoms with van der Waals surface area (Å²) in [6.45, 7) is 2.65. The lowest BCUT2D eigenvalue weighted by Gasteiger charge is -2.12. The smallest absolute Gasteiger partial charge is 0.159 e. The Balaban J connectivity index is 1.17. The van der Waals surface area contributed by atoms with Crippen LogP contribution in [0.5, 0.6) is 5.75 Å². The third kappa shape index (κ3) is 6.35. The second-order valence-electron chi connectivity index (χ2n) is 11.5. The summed E-state index contributed by atoms with van der Waals surface area (Å²) in [5, 5.41) is 12.0. The fourth-order valence-corrected chi connectivity index (χ4v) is 5.45. The van der Waals surface area contributed by atoms with Crippen molar-refractivity contribution in [2.45, 2.75) is 13.1 Å². The summed E-state index contributed by atoms with van der Waals surface area (Å²) in [5.74, 6) is 0.712. The Bertz CT molecular complexity index is 2120. The Morgan fingerprint density at radius 3 is 2.59 bits per heavy atom. The number of nitrogens with one attached hydrogen (secondary N) is 3. The Morgan fingerprint density at radius 2 is 1.72 bits per heavy atom. The number of ether oxygens (including phenoxy) is 1. The average Bonchev–Trinajstić information content (AvgIpc) is 3.69. The SMILES string of the molecule is CN(C)CCOc1cc(F)cc(-c2cccc3[nH]c(-c4n[nH]c5cnc(-c6cncc(CNCc7ccccc7)c6)cc45)nc23)c1. The number of aromatic nitrogens is 6. The molecule has 0 aliphatic carbocycles. The van der Waals surface area contributed by atoms with E-state index in [-0.39, 0.29) is 5.82 Å². The van der Waals surface area contributed by atoms with Crippen molar-refractivity contribution in [2.75, 3.05) is 27.2 Å². The van der Waals surface area contributed by atoms with Crippen LogP contribution in [0.25, 0.3) is 55.8 Å². The predicted octanol–water partition coefficient (Wildman–Crippen LogP) is 6.60. The van der Waals surface area contributed by atoms with E-state index in [4.69, 9.17) is 9.72 Å². The number of aromatic amines is 2. The molecule has 10 heteroatoms. The molecule has 0 aliphatic rings. The van der Waals surface area contributed by atoms with Gasteiger partial charge in [0, 0.05) is 54.6 Å². The molecule has 0 saturated carbocycles. The van der Waals surface area contributed by atoms with Crippen molar-refractivity contribution in [3.05, 3.63) is 114 Å². The summed E-state index contributed by atoms with van der Waals surface area (Å²) in [4.78, 5) is 19.5. The molecule has 3 N–H and O–H groups in total. The highest BCUT2D eigenvalue weighted by Crippen LogP contribution is 2.34. The molecule has 4 heterocycles. The van der Waals surface area contributed by atoms with Crippen molar-refractivity contribution >= 4 is 21.9 Å². The maximum Gasteiger partial charge on any atom is 0.159 e. The minimum atomic E-state index is -0.367. The molecule has 0 fully saturated rings. The Hall–Kier alpha value is -5.45. The van der Waals surface area contributed by atoms with Crippen LogP contribution in [-0.4, -0.2) is 62.3 Å². The minimum Gasteiger partial charge on any atom is -0.492 e. The number of nitrogens with zero attached hydrogens (tertiary/aromatic N) is 5. The van der Waals surface area contributed by atoms with Crippen molar-refractivity contribution < 1.29 is 9.13 Å². The summed E-state index contributed by atoms with van der Waals surface area (Å²) in [7, 11) is 3.94. The van der Waals surface area contributed by atoms with Gasteiger partial charge in [-0.3, -0.25) is 15.1 Å². The van der Waals surface area contributed by atoms with Gasteiger partial charge >= 0.3 is 0 Å². The van der Waals surface area contributed by atoms with Gasteiger partial charge in [0.25, 0.3) is 0 Å². The van der Waals surface area contributed by atoms with Crippen LogP contribution in [0.4, 0.5) is 4.39 Å². The van der Waals surface area contributed by atoms with Crippen molar-refractivity contribution in [2.24, 2.45) is 0 Å². The Morgan fingerprint density at radius 1 is 0.848 bits per heavy atom. The lowest BCUT2D eigenvalue weighted by Crippen LogP contribution is -2.19. The second kappa shape index (κ2) is 12.9. The number of pyridine rings is 2. The first-order chi connectivity index (χ1) is 22.5. The number of benzene rings is 3. The maximum absolute atomic E-state index is 14.7. The molecule has 0 unspecified atom stereocenters. The van der Waals surface area contributed by atoms with Gasteiger partial charge in [0.05, 0.1) is 28.4 Å². The van der Waals surface area contributed by atoms with Crippen LogP contribution >= 0.6 is 0 Å². The summed E-state index contributed by atoms with van der Waals surface area (Å²) >= 11 is 0. The molecule has 230 valence electrons. The van der Waals surface area contributed by atoms with Gasteiger partial charge in [-0.15, -0.1) is 0 Å². The van der Waals surface area contributed by atoms with Gasteiger partial charge in [-0.2, -0.15) is 5.10 Å². The zero-order valence-electron chi connectivity index (χ0n) is 25.6. The average molecular weight is 613 g/mol. The zero-order valence-corrected chi connectivity index (χ0v) is 25.6. The second-order valence-corrected chi connectivity index (χ2v) is 11.5. The van der Waals surface area contributed by atoms with Crippen LogP contribution in [0.2, 0.25) is 0 Å². The topological polar surface area (TPSA) is 108 Å². The van der Waals surface area contributed by atoms with Gasteiger partial charge < -0.3 is 19.9 Å². The van der Waals surface area contributed by atoms with E-state index in [1.807, 2.05) is 79.9 Å². The van der Waals surface area contributed by atoms with Crippen LogP contribution in [-0.2, 0) is 13.1 Å². The van der Waals surface area contributed by atoms with E-state index in [9.17, 15) is 4.39 Å². The van der Waals surface area contributed by atoms with Crippen molar-refractivity contribution in [1.29, 1.82) is 0 Å². The van der Waals surface area contributed by atoms with Crippen LogP contribution in [0, 0.1) is 5.82 Å². The molecule has 0 radical (unpaired) electrons. The first-order valence-corrected chi connectivity index (χ1v) is 15.1. The van der Waals surface area contributed by atoms with Crippen molar-refractivity contribution in [3.8, 4) is 39.7 Å². The van der Waals surface area contributed by atoms with E-state index < -0.39 is 0 Å². The normalized spacial score (nSPS) is 11.6. The standard InChI is InChI=1S/C36H33FN8O/c1-45(2)11-12-46-28-15-25(14-27(37)16-28)29-9-6-10-31-34(29)42-36(41-31)35-30-17-32(40-22-33(30)43-44-35)26-13-24(20-39-21-26)19-38-18-23-7-4-3-5-8-23/h3-10,13-17,20-22,38H,11-12,18-19H2,1-2H3,(H,41,42)(H,43,44). The molecule has 0 amide bonds. The number of para-hydroxylation sites is 1. The predicted molar refractivity (Wildman–Crippen MR) is 179 cm³/mol. The molecule has 0 spiro atoms. The fraction of sp³-hybridized carbons (Fsp3) is 0.167. The van der Waals surface area contributed by atoms with Gasteiger partial charge in [-0.25, -0.2) is 9.37 Å². The van der Waals surface area contributed by atoms with Crippen LogP contribution in [0.15, 0.2) is 97.5 Å². The molecule has 3 aromatic carbocycles. The van der Waals surface area contributed by atoms with E-state index in [1.165, 1.54) is 17.7 Å². The third-order valence-electron chi connectivity index (χ3n) is 7.77. The number of likely N-dealkylation sites (N-methyl/N-ethyl adjacent to an activating group) is 1. The quantitative estimate of drug-likeness (QED) is 0.151. The largest absolute Gasteiger partial charge is 0.492 e. The molecule has 9 nitrogen and oxygen atoms in total. The van der Waals surface area contributed by atoms with Crippen LogP contribution in [0.3, 0.4) is 0 Å². The molecule has 0 saturated heterocycles. The highest BCUT2D eigenvalue weighted by molar-refractivity contribution is 5.97. The van der Waals surface area contributed by atoms with Crippen LogP contribution in [0.1, 0.15) is 11.1 Å². The lowest BCUT2D eigenvalue weighted by atomic mass is 10.0. The summed E-state index contributed by atoms with van der Waals surface area (Å²) in [6.07, 6.45) is 5.46. The highest BCUT2D eigenvalue weighted by atomic mass is 19.1. The summed E-state index contributed by atoms with van der Waals surface area (Å²) in [5.41, 5.74) is 8.46. The number of hydrogen-bond donors (Lipinski definition) is 3. The van der Waals surface area contributed by atoms with Gasteiger partial charge in [0.1, 0.15) is 23.9 Å². The first-order valence-electron chi connectivity index (χ1n) is 15.1. The maximum atomic E-state index is 14.7. The number of fused-ring (bicyclic) bond motifs is 2. The minimum absolute atomic E-state index is 0.367. The molecular weight excluding hydrogens is 579 g/mol. The highest BCUT2D eigenvalue weighted by Gasteiger charge is 2.17. The van der Waals surface area contributed by atoms with E-state index in [0.717, 1.165) is 51.9 Å². The molecule has 7 rings (SSSR count). The number of rotatable bonds is 11. The number of H-pyrrole nitrogens is 2. The van der Waals surface area contributed by atoms with Gasteiger partial charge in [0.2, 0.25) is 0 Å². The fourth-order valence-electron chi connectivity index (χ4n) is 5.45. The molecule has 0 bridgehead atoms. The Labute approximate surface area is 265 Å². The zero-order chi connectivity index (χ0) is 31.5. The molecule has 0 atom stereocenters. The third-order valence-corrected chi connectivity index (χ3v) is 7.77. The van der Waals surface area contributed by atoms with Gasteiger partial charge in [-0.1, -0.05) is 42.5 Å². The molecule has 46 heavy (non-hydrogen) atoms. The van der Waals surface area contributed by atoms with Crippen LogP contribution < -0.4 is 10.1 Å². The van der Waals surface area contributed by atoms with Crippen molar-refractivity contribution in [1.82, 2.24) is 40.3 Å². The number of imidazole rings is 1. The first kappa shape index (κ1) is 29.3. The molecular formula is C36H33FN8O. The number of hydrogen-bond acceptors (Lipinski definition) is 7. The van der Waals surface area contributed by atoms with E-state index in [0.29, 0.717) is 41.5 Å². The van der Waals surface area contributed by atoms with E-state index >= 15 is 0 Å². The van der Waals surface area contributed by atoms with Gasteiger partial charge in [-0.05, 0) is 61.1 Å². The lowest BCUT2D eigenvalue weighted by molar-refractivity contribution is 0.260. The molecule has 4 aromatic heterocycles. The van der Waals surface area contributed by atoms with Crippen molar-refractivity contribution in [3.63, 3.8) is 0 Å². The molecule has 7 aromatic rings. The van der Waals surface area contributed by atoms with E-state index in [2.05, 4.69) is 48.7 Å². The summed E-state index contributed by atoms with van der Waals surface area (Å²) < 4.78 is 20.5. The Kier molecular flexibility index (Phi) is 8.20. The summed E-state index contributed by atoms with van der Waals surface area (Å²) in [6, 6.07) is 25.0. The monoisotopic (exact) mass is 612 g/mol. The van der Waals surface area contributed by atoms with Gasteiger partial charge in [0.15, 0.2) is 5.82 Å². The number of halogens is 1.